The molecule has 2 aromatic rings. The Kier molecular flexibility index (Phi) is 5.01. The Bertz CT molecular complexity index is 555. The lowest BCUT2D eigenvalue weighted by Crippen LogP contribution is -2.39. The predicted molar refractivity (Wildman–Crippen MR) is 87.2 cm³/mol. The number of nitrogens with one attached hydrogen (secondary N) is 1. The van der Waals surface area contributed by atoms with Crippen molar-refractivity contribution in [2.45, 2.75) is 38.3 Å². The van der Waals surface area contributed by atoms with Crippen LogP contribution in [0.25, 0.3) is 10.6 Å². The van der Waals surface area contributed by atoms with E-state index in [0.717, 1.165) is 23.7 Å². The minimum Gasteiger partial charge on any atom is -0.396 e. The first-order valence-electron chi connectivity index (χ1n) is 7.71. The van der Waals surface area contributed by atoms with Gasteiger partial charge in [-0.2, -0.15) is 0 Å². The summed E-state index contributed by atoms with van der Waals surface area (Å²) in [4.78, 5) is 4.71. The van der Waals surface area contributed by atoms with Crippen LogP contribution in [0.15, 0.2) is 35.7 Å². The highest BCUT2D eigenvalue weighted by Gasteiger charge is 2.23. The second-order valence-electron chi connectivity index (χ2n) is 5.72. The second kappa shape index (κ2) is 7.16. The number of rotatable bonds is 5. The highest BCUT2D eigenvalue weighted by atomic mass is 32.1. The highest BCUT2D eigenvalue weighted by molar-refractivity contribution is 7.13. The van der Waals surface area contributed by atoms with Crippen molar-refractivity contribution in [3.63, 3.8) is 0 Å². The average molecular weight is 302 g/mol. The summed E-state index contributed by atoms with van der Waals surface area (Å²) in [5, 5.41) is 16.3. The van der Waals surface area contributed by atoms with Crippen molar-refractivity contribution in [1.29, 1.82) is 0 Å². The molecule has 1 saturated carbocycles. The minimum absolute atomic E-state index is 0.296. The molecule has 2 N–H and O–H groups in total. The third-order valence-electron chi connectivity index (χ3n) is 4.26. The van der Waals surface area contributed by atoms with Crippen LogP contribution in [-0.2, 0) is 6.54 Å². The highest BCUT2D eigenvalue weighted by Crippen LogP contribution is 2.26. The molecule has 1 aromatic heterocycles. The van der Waals surface area contributed by atoms with E-state index >= 15 is 0 Å². The van der Waals surface area contributed by atoms with Gasteiger partial charge in [0.2, 0.25) is 0 Å². The first-order chi connectivity index (χ1) is 10.4. The van der Waals surface area contributed by atoms with E-state index in [2.05, 4.69) is 22.8 Å². The smallest absolute Gasteiger partial charge is 0.123 e. The standard InChI is InChI=1S/C17H22N2OS/c20-11-14-8-4-5-9-16(14)18-10-15-12-21-17(19-15)13-6-2-1-3-7-13/h1-3,6-7,12,14,16,18,20H,4-5,8-11H2. The lowest BCUT2D eigenvalue weighted by Gasteiger charge is -2.30. The molecule has 0 aliphatic heterocycles. The Morgan fingerprint density at radius 1 is 1.19 bits per heavy atom. The zero-order valence-electron chi connectivity index (χ0n) is 12.2. The van der Waals surface area contributed by atoms with E-state index < -0.39 is 0 Å². The van der Waals surface area contributed by atoms with Gasteiger partial charge in [-0.05, 0) is 18.8 Å². The molecule has 0 spiro atoms. The Morgan fingerprint density at radius 3 is 2.81 bits per heavy atom. The fourth-order valence-corrected chi connectivity index (χ4v) is 3.86. The fraction of sp³-hybridized carbons (Fsp3) is 0.471. The topological polar surface area (TPSA) is 45.1 Å². The van der Waals surface area contributed by atoms with E-state index in [0.29, 0.717) is 18.6 Å². The maximum atomic E-state index is 9.46. The molecule has 1 fully saturated rings. The van der Waals surface area contributed by atoms with E-state index in [1.54, 1.807) is 11.3 Å². The summed E-state index contributed by atoms with van der Waals surface area (Å²) >= 11 is 1.70. The quantitative estimate of drug-likeness (QED) is 0.889. The van der Waals surface area contributed by atoms with Crippen LogP contribution in [0.1, 0.15) is 31.4 Å². The van der Waals surface area contributed by atoms with Crippen molar-refractivity contribution in [2.24, 2.45) is 5.92 Å². The van der Waals surface area contributed by atoms with Crippen LogP contribution in [0.2, 0.25) is 0 Å². The molecule has 3 rings (SSSR count). The van der Waals surface area contributed by atoms with Crippen molar-refractivity contribution in [2.75, 3.05) is 6.61 Å². The Morgan fingerprint density at radius 2 is 2.00 bits per heavy atom. The summed E-state index contributed by atoms with van der Waals surface area (Å²) in [6.45, 7) is 1.09. The molecule has 1 aromatic carbocycles. The van der Waals surface area contributed by atoms with E-state index in [1.165, 1.54) is 24.8 Å². The third kappa shape index (κ3) is 3.70. The lowest BCUT2D eigenvalue weighted by atomic mass is 9.85. The Hall–Kier alpha value is -1.23. The SMILES string of the molecule is OCC1CCCCC1NCc1csc(-c2ccccc2)n1. The van der Waals surface area contributed by atoms with Gasteiger partial charge in [-0.3, -0.25) is 0 Å². The van der Waals surface area contributed by atoms with E-state index in [-0.39, 0.29) is 0 Å². The normalized spacial score (nSPS) is 22.3. The van der Waals surface area contributed by atoms with Gasteiger partial charge in [-0.1, -0.05) is 43.2 Å². The number of nitrogens with zero attached hydrogens (tertiary/aromatic N) is 1. The largest absolute Gasteiger partial charge is 0.396 e. The van der Waals surface area contributed by atoms with Crippen molar-refractivity contribution in [3.8, 4) is 10.6 Å². The number of hydrogen-bond acceptors (Lipinski definition) is 4. The van der Waals surface area contributed by atoms with Gasteiger partial charge < -0.3 is 10.4 Å². The summed E-state index contributed by atoms with van der Waals surface area (Å²) < 4.78 is 0. The van der Waals surface area contributed by atoms with Crippen molar-refractivity contribution >= 4 is 11.3 Å². The van der Waals surface area contributed by atoms with Gasteiger partial charge in [0.25, 0.3) is 0 Å². The number of hydrogen-bond donors (Lipinski definition) is 2. The van der Waals surface area contributed by atoms with E-state index in [1.807, 2.05) is 18.2 Å². The molecule has 2 unspecified atom stereocenters. The maximum absolute atomic E-state index is 9.46. The molecule has 4 heteroatoms. The number of aromatic nitrogens is 1. The van der Waals surface area contributed by atoms with Crippen LogP contribution in [0.4, 0.5) is 0 Å². The second-order valence-corrected chi connectivity index (χ2v) is 6.58. The Labute approximate surface area is 130 Å². The van der Waals surface area contributed by atoms with Crippen molar-refractivity contribution in [3.05, 3.63) is 41.4 Å². The lowest BCUT2D eigenvalue weighted by molar-refractivity contribution is 0.152. The van der Waals surface area contributed by atoms with Crippen LogP contribution in [0, 0.1) is 5.92 Å². The molecular formula is C17H22N2OS. The molecule has 0 bridgehead atoms. The molecule has 1 heterocycles. The predicted octanol–water partition coefficient (Wildman–Crippen LogP) is 3.45. The number of aliphatic hydroxyl groups excluding tert-OH is 1. The Balaban J connectivity index is 1.60. The summed E-state index contributed by atoms with van der Waals surface area (Å²) in [6.07, 6.45) is 4.82. The van der Waals surface area contributed by atoms with Gasteiger partial charge in [0.1, 0.15) is 5.01 Å². The molecule has 1 aliphatic rings. The van der Waals surface area contributed by atoms with Crippen LogP contribution in [0.5, 0.6) is 0 Å². The van der Waals surface area contributed by atoms with Crippen molar-refractivity contribution < 1.29 is 5.11 Å². The first kappa shape index (κ1) is 14.7. The van der Waals surface area contributed by atoms with E-state index in [4.69, 9.17) is 4.98 Å². The van der Waals surface area contributed by atoms with Gasteiger partial charge in [0.15, 0.2) is 0 Å². The van der Waals surface area contributed by atoms with Crippen LogP contribution in [0.3, 0.4) is 0 Å². The molecule has 1 aliphatic carbocycles. The van der Waals surface area contributed by atoms with E-state index in [9.17, 15) is 5.11 Å². The molecule has 0 saturated heterocycles. The van der Waals surface area contributed by atoms with Gasteiger partial charge >= 0.3 is 0 Å². The molecule has 0 radical (unpaired) electrons. The monoisotopic (exact) mass is 302 g/mol. The zero-order valence-corrected chi connectivity index (χ0v) is 13.0. The average Bonchev–Trinajstić information content (AvgIpc) is 3.03. The molecule has 21 heavy (non-hydrogen) atoms. The van der Waals surface area contributed by atoms with Gasteiger partial charge in [0.05, 0.1) is 5.69 Å². The van der Waals surface area contributed by atoms with Gasteiger partial charge in [-0.15, -0.1) is 11.3 Å². The number of aliphatic hydroxyl groups is 1. The van der Waals surface area contributed by atoms with Crippen LogP contribution < -0.4 is 5.32 Å². The minimum atomic E-state index is 0.296. The molecule has 112 valence electrons. The summed E-state index contributed by atoms with van der Waals surface area (Å²) in [5.74, 6) is 0.408. The van der Waals surface area contributed by atoms with Gasteiger partial charge in [0, 0.05) is 30.1 Å². The molecule has 3 nitrogen and oxygen atoms in total. The zero-order chi connectivity index (χ0) is 14.5. The first-order valence-corrected chi connectivity index (χ1v) is 8.59. The molecular weight excluding hydrogens is 280 g/mol. The van der Waals surface area contributed by atoms with Crippen molar-refractivity contribution in [1.82, 2.24) is 10.3 Å². The van der Waals surface area contributed by atoms with Crippen LogP contribution >= 0.6 is 11.3 Å². The van der Waals surface area contributed by atoms with Crippen LogP contribution in [-0.4, -0.2) is 22.7 Å². The van der Waals surface area contributed by atoms with Gasteiger partial charge in [-0.25, -0.2) is 4.98 Å². The third-order valence-corrected chi connectivity index (χ3v) is 5.20. The number of thiazole rings is 1. The fourth-order valence-electron chi connectivity index (χ4n) is 3.03. The molecule has 0 amide bonds. The summed E-state index contributed by atoms with van der Waals surface area (Å²) in [5.41, 5.74) is 2.28. The molecule has 2 atom stereocenters. The maximum Gasteiger partial charge on any atom is 0.123 e. The number of benzene rings is 1. The summed E-state index contributed by atoms with van der Waals surface area (Å²) in [6, 6.07) is 10.7. The summed E-state index contributed by atoms with van der Waals surface area (Å²) in [7, 11) is 0.